The van der Waals surface area contributed by atoms with E-state index in [9.17, 15) is 4.79 Å². The van der Waals surface area contributed by atoms with E-state index in [-0.39, 0.29) is 12.5 Å². The zero-order valence-corrected chi connectivity index (χ0v) is 13.7. The summed E-state index contributed by atoms with van der Waals surface area (Å²) < 4.78 is 5.28. The lowest BCUT2D eigenvalue weighted by Gasteiger charge is -2.38. The topological polar surface area (TPSA) is 55.6 Å². The fourth-order valence-corrected chi connectivity index (χ4v) is 2.61. The number of primary amides is 1. The Kier molecular flexibility index (Phi) is 5.90. The summed E-state index contributed by atoms with van der Waals surface area (Å²) in [4.78, 5) is 14.2. The molecule has 0 saturated heterocycles. The van der Waals surface area contributed by atoms with E-state index >= 15 is 0 Å². The second kappa shape index (κ2) is 7.90. The first-order chi connectivity index (χ1) is 11.1. The van der Waals surface area contributed by atoms with E-state index < -0.39 is 5.54 Å². The largest absolute Gasteiger partial charge is 0.382 e. The van der Waals surface area contributed by atoms with Crippen LogP contribution in [-0.4, -0.2) is 30.1 Å². The van der Waals surface area contributed by atoms with Gasteiger partial charge in [0.2, 0.25) is 5.91 Å². The van der Waals surface area contributed by atoms with Crippen molar-refractivity contribution in [3.8, 4) is 0 Å². The zero-order valence-electron chi connectivity index (χ0n) is 13.7. The van der Waals surface area contributed by atoms with Gasteiger partial charge in [-0.1, -0.05) is 60.7 Å². The van der Waals surface area contributed by atoms with Crippen LogP contribution < -0.4 is 5.73 Å². The van der Waals surface area contributed by atoms with Crippen LogP contribution in [0.15, 0.2) is 60.7 Å². The fourth-order valence-electron chi connectivity index (χ4n) is 2.61. The number of nitrogens with zero attached hydrogens (tertiary/aromatic N) is 1. The van der Waals surface area contributed by atoms with Gasteiger partial charge in [-0.15, -0.1) is 0 Å². The summed E-state index contributed by atoms with van der Waals surface area (Å²) >= 11 is 0. The van der Waals surface area contributed by atoms with Crippen LogP contribution in [0.4, 0.5) is 0 Å². The molecule has 23 heavy (non-hydrogen) atoms. The lowest BCUT2D eigenvalue weighted by atomic mass is 9.97. The quantitative estimate of drug-likeness (QED) is 0.815. The lowest BCUT2D eigenvalue weighted by Crippen LogP contribution is -2.57. The predicted molar refractivity (Wildman–Crippen MR) is 91.6 cm³/mol. The van der Waals surface area contributed by atoms with Crippen LogP contribution in [0.2, 0.25) is 0 Å². The highest BCUT2D eigenvalue weighted by Crippen LogP contribution is 2.22. The van der Waals surface area contributed by atoms with Crippen LogP contribution in [0.25, 0.3) is 0 Å². The van der Waals surface area contributed by atoms with Crippen LogP contribution in [-0.2, 0) is 22.6 Å². The molecule has 0 spiro atoms. The summed E-state index contributed by atoms with van der Waals surface area (Å²) in [6.45, 7) is 3.34. The molecule has 0 radical (unpaired) electrons. The van der Waals surface area contributed by atoms with E-state index in [4.69, 9.17) is 10.5 Å². The van der Waals surface area contributed by atoms with Crippen molar-refractivity contribution in [1.82, 2.24) is 4.90 Å². The van der Waals surface area contributed by atoms with Crippen LogP contribution in [0.1, 0.15) is 18.1 Å². The molecule has 1 unspecified atom stereocenters. The third kappa shape index (κ3) is 4.41. The van der Waals surface area contributed by atoms with E-state index in [0.29, 0.717) is 13.1 Å². The number of carbonyl (C=O) groups excluding carboxylic acids is 1. The van der Waals surface area contributed by atoms with Crippen molar-refractivity contribution in [3.05, 3.63) is 71.8 Å². The maximum absolute atomic E-state index is 12.1. The van der Waals surface area contributed by atoms with E-state index in [0.717, 1.165) is 11.1 Å². The average molecular weight is 312 g/mol. The molecule has 1 amide bonds. The Morgan fingerprint density at radius 2 is 1.43 bits per heavy atom. The van der Waals surface area contributed by atoms with Crippen molar-refractivity contribution in [2.75, 3.05) is 13.7 Å². The van der Waals surface area contributed by atoms with Crippen LogP contribution in [0.5, 0.6) is 0 Å². The number of nitrogens with two attached hydrogens (primary N) is 1. The standard InChI is InChI=1S/C19H24N2O2/c1-19(15-23-2,18(20)22)21(13-16-9-5-3-6-10-16)14-17-11-7-4-8-12-17/h3-12H,13-15H2,1-2H3,(H2,20,22). The molecule has 4 heteroatoms. The number of hydrogen-bond acceptors (Lipinski definition) is 3. The molecule has 0 bridgehead atoms. The molecule has 1 atom stereocenters. The van der Waals surface area contributed by atoms with Crippen molar-refractivity contribution >= 4 is 5.91 Å². The highest BCUT2D eigenvalue weighted by atomic mass is 16.5. The fraction of sp³-hybridized carbons (Fsp3) is 0.316. The Balaban J connectivity index is 2.31. The second-order valence-corrected chi connectivity index (χ2v) is 5.90. The van der Waals surface area contributed by atoms with Crippen molar-refractivity contribution in [3.63, 3.8) is 0 Å². The van der Waals surface area contributed by atoms with Gasteiger partial charge in [-0.3, -0.25) is 9.69 Å². The van der Waals surface area contributed by atoms with Gasteiger partial charge in [0.25, 0.3) is 0 Å². The third-order valence-corrected chi connectivity index (χ3v) is 4.09. The molecule has 2 N–H and O–H groups in total. The number of hydrogen-bond donors (Lipinski definition) is 1. The maximum Gasteiger partial charge on any atom is 0.240 e. The van der Waals surface area contributed by atoms with Gasteiger partial charge in [-0.25, -0.2) is 0 Å². The number of rotatable bonds is 8. The maximum atomic E-state index is 12.1. The molecule has 2 rings (SSSR count). The van der Waals surface area contributed by atoms with Crippen molar-refractivity contribution in [2.45, 2.75) is 25.6 Å². The number of amides is 1. The Labute approximate surface area is 137 Å². The minimum Gasteiger partial charge on any atom is -0.382 e. The van der Waals surface area contributed by atoms with Gasteiger partial charge in [0.1, 0.15) is 5.54 Å². The Hall–Kier alpha value is -2.17. The minimum atomic E-state index is -0.875. The van der Waals surface area contributed by atoms with Gasteiger partial charge < -0.3 is 10.5 Å². The van der Waals surface area contributed by atoms with Crippen molar-refractivity contribution in [2.24, 2.45) is 5.73 Å². The van der Waals surface area contributed by atoms with Gasteiger partial charge in [0.15, 0.2) is 0 Å². The molecule has 0 fully saturated rings. The zero-order chi connectivity index (χ0) is 16.7. The van der Waals surface area contributed by atoms with E-state index in [1.165, 1.54) is 0 Å². The number of ether oxygens (including phenoxy) is 1. The smallest absolute Gasteiger partial charge is 0.240 e. The third-order valence-electron chi connectivity index (χ3n) is 4.09. The molecule has 4 nitrogen and oxygen atoms in total. The summed E-state index contributed by atoms with van der Waals surface area (Å²) in [7, 11) is 1.59. The highest BCUT2D eigenvalue weighted by Gasteiger charge is 2.38. The lowest BCUT2D eigenvalue weighted by molar-refractivity contribution is -0.134. The summed E-state index contributed by atoms with van der Waals surface area (Å²) in [6, 6.07) is 20.1. The van der Waals surface area contributed by atoms with Gasteiger partial charge in [0.05, 0.1) is 6.61 Å². The number of benzene rings is 2. The van der Waals surface area contributed by atoms with Gasteiger partial charge in [-0.2, -0.15) is 0 Å². The highest BCUT2D eigenvalue weighted by molar-refractivity contribution is 5.84. The first kappa shape index (κ1) is 17.2. The molecule has 122 valence electrons. The molecule has 2 aromatic rings. The van der Waals surface area contributed by atoms with Crippen LogP contribution in [0.3, 0.4) is 0 Å². The summed E-state index contributed by atoms with van der Waals surface area (Å²) in [5.74, 6) is -0.383. The van der Waals surface area contributed by atoms with Crippen molar-refractivity contribution < 1.29 is 9.53 Å². The molecular weight excluding hydrogens is 288 g/mol. The summed E-state index contributed by atoms with van der Waals surface area (Å²) in [5, 5.41) is 0. The van der Waals surface area contributed by atoms with Gasteiger partial charge in [0, 0.05) is 20.2 Å². The molecule has 2 aromatic carbocycles. The molecule has 0 aliphatic rings. The monoisotopic (exact) mass is 312 g/mol. The molecular formula is C19H24N2O2. The van der Waals surface area contributed by atoms with E-state index in [1.807, 2.05) is 67.6 Å². The Morgan fingerprint density at radius 1 is 1.00 bits per heavy atom. The minimum absolute atomic E-state index is 0.252. The number of carbonyl (C=O) groups is 1. The summed E-state index contributed by atoms with van der Waals surface area (Å²) in [6.07, 6.45) is 0. The Morgan fingerprint density at radius 3 is 1.78 bits per heavy atom. The summed E-state index contributed by atoms with van der Waals surface area (Å²) in [5.41, 5.74) is 7.09. The number of methoxy groups -OCH3 is 1. The van der Waals surface area contributed by atoms with Gasteiger partial charge in [-0.05, 0) is 18.1 Å². The first-order valence-electron chi connectivity index (χ1n) is 7.68. The Bertz CT molecular complexity index is 574. The molecule has 0 aromatic heterocycles. The van der Waals surface area contributed by atoms with Gasteiger partial charge >= 0.3 is 0 Å². The average Bonchev–Trinajstić information content (AvgIpc) is 2.56. The van der Waals surface area contributed by atoms with E-state index in [2.05, 4.69) is 4.90 Å². The molecule has 0 heterocycles. The first-order valence-corrected chi connectivity index (χ1v) is 7.68. The molecule has 0 aliphatic heterocycles. The predicted octanol–water partition coefficient (Wildman–Crippen LogP) is 2.58. The molecule has 0 aliphatic carbocycles. The second-order valence-electron chi connectivity index (χ2n) is 5.90. The van der Waals surface area contributed by atoms with Crippen LogP contribution in [0, 0.1) is 0 Å². The normalized spacial score (nSPS) is 13.7. The van der Waals surface area contributed by atoms with Crippen molar-refractivity contribution in [1.29, 1.82) is 0 Å². The van der Waals surface area contributed by atoms with Crippen LogP contribution >= 0.6 is 0 Å². The SMILES string of the molecule is COCC(C)(C(N)=O)N(Cc1ccccc1)Cc1ccccc1. The van der Waals surface area contributed by atoms with E-state index in [1.54, 1.807) is 7.11 Å². The molecule has 0 saturated carbocycles.